The number of phenols is 1. The molecular formula is C58H52N3OPt-. The van der Waals surface area contributed by atoms with Gasteiger partial charge in [-0.05, 0) is 93.5 Å². The number of aromatic nitrogens is 3. The van der Waals surface area contributed by atoms with Gasteiger partial charge in [-0.25, -0.2) is 4.98 Å². The molecule has 4 nitrogen and oxygen atoms in total. The Balaban J connectivity index is 0.00000544. The monoisotopic (exact) mass is 1000 g/mol. The molecule has 0 unspecified atom stereocenters. The Bertz CT molecular complexity index is 3070. The predicted octanol–water partition coefficient (Wildman–Crippen LogP) is 15.2. The van der Waals surface area contributed by atoms with Gasteiger partial charge in [0.2, 0.25) is 0 Å². The van der Waals surface area contributed by atoms with Gasteiger partial charge < -0.3 is 5.11 Å². The van der Waals surface area contributed by atoms with E-state index in [0.29, 0.717) is 11.4 Å². The smallest absolute Gasteiger partial charge is 0.148 e. The maximum Gasteiger partial charge on any atom is 0.148 e. The van der Waals surface area contributed by atoms with E-state index in [9.17, 15) is 5.11 Å². The van der Waals surface area contributed by atoms with E-state index in [2.05, 4.69) is 204 Å². The zero-order valence-corrected chi connectivity index (χ0v) is 39.3. The van der Waals surface area contributed by atoms with Crippen LogP contribution in [0.15, 0.2) is 170 Å². The van der Waals surface area contributed by atoms with Gasteiger partial charge in [0.1, 0.15) is 11.6 Å². The second-order valence-electron chi connectivity index (χ2n) is 18.1. The van der Waals surface area contributed by atoms with Crippen molar-refractivity contribution in [2.75, 3.05) is 0 Å². The first-order valence-electron chi connectivity index (χ1n) is 21.6. The average Bonchev–Trinajstić information content (AvgIpc) is 3.69. The maximum absolute atomic E-state index is 12.1. The van der Waals surface area contributed by atoms with Crippen molar-refractivity contribution in [2.45, 2.75) is 65.7 Å². The summed E-state index contributed by atoms with van der Waals surface area (Å²) in [7, 11) is 0. The Kier molecular flexibility index (Phi) is 12.0. The number of hydrogen-bond acceptors (Lipinski definition) is 3. The summed E-state index contributed by atoms with van der Waals surface area (Å²) in [5, 5.41) is 12.1. The molecule has 0 spiro atoms. The van der Waals surface area contributed by atoms with Crippen LogP contribution in [0, 0.1) is 13.0 Å². The van der Waals surface area contributed by atoms with Crippen LogP contribution in [-0.4, -0.2) is 19.6 Å². The molecule has 0 aliphatic rings. The van der Waals surface area contributed by atoms with Gasteiger partial charge >= 0.3 is 0 Å². The van der Waals surface area contributed by atoms with Gasteiger partial charge in [0.15, 0.2) is 0 Å². The number of benzene rings is 7. The molecule has 7 aromatic carbocycles. The quantitative estimate of drug-likeness (QED) is 0.147. The van der Waals surface area contributed by atoms with Gasteiger partial charge in [-0.3, -0.25) is 9.55 Å². The molecule has 5 heteroatoms. The minimum atomic E-state index is -0.160. The molecule has 2 heterocycles. The fourth-order valence-electron chi connectivity index (χ4n) is 8.37. The second-order valence-corrected chi connectivity index (χ2v) is 18.1. The van der Waals surface area contributed by atoms with Crippen LogP contribution in [0.3, 0.4) is 0 Å². The number of fused-ring (bicyclic) bond motifs is 1. The maximum atomic E-state index is 12.1. The van der Waals surface area contributed by atoms with E-state index in [4.69, 9.17) is 9.97 Å². The van der Waals surface area contributed by atoms with Gasteiger partial charge in [0.25, 0.3) is 0 Å². The van der Waals surface area contributed by atoms with Crippen LogP contribution < -0.4 is 0 Å². The molecule has 0 fully saturated rings. The van der Waals surface area contributed by atoms with Gasteiger partial charge in [0, 0.05) is 38.5 Å². The minimum absolute atomic E-state index is 0. The zero-order valence-electron chi connectivity index (χ0n) is 37.0. The standard InChI is InChI=1S/C58H52N3O.Pt/c1-8-58(6,7)46-27-28-52(49(36-46)41-23-16-11-17-24-41)61-53-26-18-25-48(54(53)60-56(61)50-37-47(57(3,4)5)31-38(2)55(50)62)44-32-43(40-21-14-10-15-22-40)33-45(34-44)51-35-42(29-30-59-51)39-19-12-9-13-20-39;/h9-33,35-37,62H,8H2,1-7H3;/q-1;. The molecule has 0 amide bonds. The fraction of sp³-hybridized carbons (Fsp3) is 0.172. The first-order valence-corrected chi connectivity index (χ1v) is 21.6. The Morgan fingerprint density at radius 1 is 0.571 bits per heavy atom. The molecule has 9 aromatic rings. The number of imidazole rings is 1. The Hall–Kier alpha value is -6.35. The number of aromatic hydroxyl groups is 1. The summed E-state index contributed by atoms with van der Waals surface area (Å²) in [4.78, 5) is 10.5. The molecule has 0 radical (unpaired) electrons. The molecule has 63 heavy (non-hydrogen) atoms. The fourth-order valence-corrected chi connectivity index (χ4v) is 8.37. The molecule has 9 rings (SSSR count). The van der Waals surface area contributed by atoms with E-state index < -0.39 is 0 Å². The number of para-hydroxylation sites is 1. The van der Waals surface area contributed by atoms with Crippen LogP contribution in [0.5, 0.6) is 5.75 Å². The Labute approximate surface area is 386 Å². The number of rotatable bonds is 9. The van der Waals surface area contributed by atoms with Crippen molar-refractivity contribution in [3.05, 3.63) is 193 Å². The predicted molar refractivity (Wildman–Crippen MR) is 259 cm³/mol. The summed E-state index contributed by atoms with van der Waals surface area (Å²) in [6, 6.07) is 61.4. The van der Waals surface area contributed by atoms with E-state index in [1.54, 1.807) is 0 Å². The summed E-state index contributed by atoms with van der Waals surface area (Å²) in [6.45, 7) is 15.5. The Morgan fingerprint density at radius 2 is 1.19 bits per heavy atom. The van der Waals surface area contributed by atoms with Crippen LogP contribution in [-0.2, 0) is 31.9 Å². The molecular weight excluding hydrogens is 950 g/mol. The molecule has 0 atom stereocenters. The number of hydrogen-bond donors (Lipinski definition) is 1. The van der Waals surface area contributed by atoms with Crippen LogP contribution in [0.25, 0.3) is 83.9 Å². The van der Waals surface area contributed by atoms with Gasteiger partial charge in [-0.1, -0.05) is 180 Å². The molecule has 0 aliphatic carbocycles. The van der Waals surface area contributed by atoms with Gasteiger partial charge in [0.05, 0.1) is 22.3 Å². The minimum Gasteiger partial charge on any atom is -0.507 e. The summed E-state index contributed by atoms with van der Waals surface area (Å²) in [6.07, 6.45) is 2.88. The largest absolute Gasteiger partial charge is 0.507 e. The normalized spacial score (nSPS) is 11.7. The third kappa shape index (κ3) is 8.45. The van der Waals surface area contributed by atoms with Gasteiger partial charge in [-0.2, -0.15) is 0 Å². The molecule has 2 aromatic heterocycles. The average molecular weight is 1000 g/mol. The van der Waals surface area contributed by atoms with E-state index in [-0.39, 0.29) is 37.6 Å². The molecule has 0 saturated heterocycles. The van der Waals surface area contributed by atoms with Crippen LogP contribution in [0.2, 0.25) is 0 Å². The number of aryl methyl sites for hydroxylation is 1. The first kappa shape index (κ1) is 43.3. The summed E-state index contributed by atoms with van der Waals surface area (Å²) in [5.74, 6) is 0.904. The van der Waals surface area contributed by atoms with Crippen LogP contribution >= 0.6 is 0 Å². The Morgan fingerprint density at radius 3 is 1.84 bits per heavy atom. The second kappa shape index (κ2) is 17.4. The van der Waals surface area contributed by atoms with Crippen molar-refractivity contribution in [3.63, 3.8) is 0 Å². The first-order chi connectivity index (χ1) is 29.9. The number of nitrogens with zero attached hydrogens (tertiary/aromatic N) is 3. The van der Waals surface area contributed by atoms with Crippen molar-refractivity contribution < 1.29 is 26.2 Å². The molecule has 0 aliphatic heterocycles. The summed E-state index contributed by atoms with van der Waals surface area (Å²) >= 11 is 0. The SMILES string of the molecule is CCC(C)(C)c1ccc(-n2c(-c3cc(C(C)(C)C)cc(C)c3O)nc3c(-c4[c-]c(-c5cc(-c6ccccc6)ccn5)cc(-c5ccccc5)c4)cccc32)c(-c2ccccc2)c1.[Pt]. The number of phenolic OH excluding ortho intramolecular Hbond substituents is 1. The number of pyridine rings is 1. The van der Waals surface area contributed by atoms with Crippen molar-refractivity contribution in [1.82, 2.24) is 14.5 Å². The summed E-state index contributed by atoms with van der Waals surface area (Å²) < 4.78 is 2.26. The van der Waals surface area contributed by atoms with E-state index >= 15 is 0 Å². The van der Waals surface area contributed by atoms with Crippen molar-refractivity contribution in [2.24, 2.45) is 0 Å². The van der Waals surface area contributed by atoms with E-state index in [1.807, 2.05) is 25.3 Å². The van der Waals surface area contributed by atoms with E-state index in [1.165, 1.54) is 5.56 Å². The molecule has 316 valence electrons. The zero-order chi connectivity index (χ0) is 43.2. The van der Waals surface area contributed by atoms with E-state index in [0.717, 1.165) is 90.0 Å². The molecule has 1 N–H and O–H groups in total. The van der Waals surface area contributed by atoms with Crippen molar-refractivity contribution >= 4 is 11.0 Å². The molecule has 0 bridgehead atoms. The third-order valence-electron chi connectivity index (χ3n) is 12.5. The molecule has 0 saturated carbocycles. The topological polar surface area (TPSA) is 50.9 Å². The summed E-state index contributed by atoms with van der Waals surface area (Å²) in [5.41, 5.74) is 16.6. The van der Waals surface area contributed by atoms with Gasteiger partial charge in [-0.15, -0.1) is 23.8 Å². The van der Waals surface area contributed by atoms with Crippen LogP contribution in [0.4, 0.5) is 0 Å². The van der Waals surface area contributed by atoms with Crippen molar-refractivity contribution in [1.29, 1.82) is 0 Å². The van der Waals surface area contributed by atoms with Crippen LogP contribution in [0.1, 0.15) is 64.7 Å². The van der Waals surface area contributed by atoms with Crippen molar-refractivity contribution in [3.8, 4) is 78.6 Å². The third-order valence-corrected chi connectivity index (χ3v) is 12.5.